The molecule has 1 aliphatic rings. The quantitative estimate of drug-likeness (QED) is 0.661. The number of allylic oxidation sites excluding steroid dienone is 1. The fourth-order valence-electron chi connectivity index (χ4n) is 1.94. The Hall–Kier alpha value is -1.09. The van der Waals surface area contributed by atoms with E-state index in [1.807, 2.05) is 6.92 Å². The van der Waals surface area contributed by atoms with E-state index in [9.17, 15) is 9.90 Å². The molecule has 0 heterocycles. The van der Waals surface area contributed by atoms with E-state index >= 15 is 0 Å². The Balaban J connectivity index is 3.01. The van der Waals surface area contributed by atoms with E-state index in [-0.39, 0.29) is 11.5 Å². The van der Waals surface area contributed by atoms with Gasteiger partial charge in [-0.05, 0) is 26.7 Å². The molecule has 0 bridgehead atoms. The summed E-state index contributed by atoms with van der Waals surface area (Å²) in [7, 11) is 0. The van der Waals surface area contributed by atoms with Crippen molar-refractivity contribution in [2.45, 2.75) is 32.8 Å². The van der Waals surface area contributed by atoms with Gasteiger partial charge in [0.05, 0.1) is 11.7 Å². The Kier molecular flexibility index (Phi) is 3.11. The van der Waals surface area contributed by atoms with E-state index in [1.165, 1.54) is 0 Å². The monoisotopic (exact) mass is 196 g/mol. The lowest BCUT2D eigenvalue weighted by molar-refractivity contribution is -0.134. The number of hydrogen-bond donors (Lipinski definition) is 2. The third-order valence-corrected chi connectivity index (χ3v) is 2.83. The Morgan fingerprint density at radius 2 is 2.14 bits per heavy atom. The van der Waals surface area contributed by atoms with E-state index in [0.29, 0.717) is 0 Å². The molecule has 0 aromatic carbocycles. The molecule has 2 N–H and O–H groups in total. The summed E-state index contributed by atoms with van der Waals surface area (Å²) in [6.07, 6.45) is 0.633. The van der Waals surface area contributed by atoms with Crippen molar-refractivity contribution in [3.63, 3.8) is 0 Å². The molecule has 0 amide bonds. The zero-order valence-electron chi connectivity index (χ0n) is 8.58. The van der Waals surface area contributed by atoms with Crippen molar-refractivity contribution in [1.29, 1.82) is 0 Å². The Bertz CT molecular complexity index is 302. The van der Waals surface area contributed by atoms with Crippen LogP contribution in [0.25, 0.3) is 0 Å². The van der Waals surface area contributed by atoms with Gasteiger partial charge in [-0.15, -0.1) is 0 Å². The minimum Gasteiger partial charge on any atom is -0.478 e. The largest absolute Gasteiger partial charge is 0.478 e. The summed E-state index contributed by atoms with van der Waals surface area (Å²) in [4.78, 5) is 10.9. The van der Waals surface area contributed by atoms with Gasteiger partial charge < -0.3 is 10.2 Å². The number of carbonyl (C=O) groups is 1. The molecule has 2 atom stereocenters. The minimum atomic E-state index is -1.01. The van der Waals surface area contributed by atoms with E-state index in [0.717, 1.165) is 24.0 Å². The number of aliphatic hydroxyl groups is 1. The molecule has 14 heavy (non-hydrogen) atoms. The molecule has 0 aliphatic heterocycles. The molecule has 0 fully saturated rings. The molecule has 78 valence electrons. The fraction of sp³-hybridized carbons (Fsp3) is 0.545. The van der Waals surface area contributed by atoms with Crippen molar-refractivity contribution in [3.8, 4) is 0 Å². The topological polar surface area (TPSA) is 57.5 Å². The van der Waals surface area contributed by atoms with Crippen LogP contribution in [0.2, 0.25) is 0 Å². The van der Waals surface area contributed by atoms with Crippen molar-refractivity contribution in [3.05, 3.63) is 23.3 Å². The zero-order chi connectivity index (χ0) is 10.9. The molecule has 0 aromatic heterocycles. The van der Waals surface area contributed by atoms with Crippen LogP contribution in [-0.4, -0.2) is 22.3 Å². The van der Waals surface area contributed by atoms with Crippen LogP contribution in [0.1, 0.15) is 26.7 Å². The van der Waals surface area contributed by atoms with Crippen LogP contribution >= 0.6 is 0 Å². The van der Waals surface area contributed by atoms with Gasteiger partial charge in [0, 0.05) is 5.92 Å². The third-order valence-electron chi connectivity index (χ3n) is 2.83. The molecule has 1 aliphatic carbocycles. The number of rotatable bonds is 2. The SMILES string of the molecule is C=C(C)[C@@H]1CCC(C)=C(C(=O)O)C1O. The maximum absolute atomic E-state index is 10.9. The van der Waals surface area contributed by atoms with Crippen LogP contribution in [0.15, 0.2) is 23.3 Å². The van der Waals surface area contributed by atoms with E-state index in [1.54, 1.807) is 6.92 Å². The van der Waals surface area contributed by atoms with Crippen molar-refractivity contribution in [2.24, 2.45) is 5.92 Å². The average molecular weight is 196 g/mol. The van der Waals surface area contributed by atoms with Crippen LogP contribution in [0.3, 0.4) is 0 Å². The first kappa shape index (κ1) is 11.0. The van der Waals surface area contributed by atoms with Gasteiger partial charge in [0.2, 0.25) is 0 Å². The van der Waals surface area contributed by atoms with E-state index in [2.05, 4.69) is 6.58 Å². The van der Waals surface area contributed by atoms with Gasteiger partial charge in [-0.2, -0.15) is 0 Å². The average Bonchev–Trinajstić information content (AvgIpc) is 2.02. The van der Waals surface area contributed by atoms with Crippen LogP contribution in [-0.2, 0) is 4.79 Å². The highest BCUT2D eigenvalue weighted by Gasteiger charge is 2.32. The second kappa shape index (κ2) is 3.96. The number of aliphatic carboxylic acids is 1. The van der Waals surface area contributed by atoms with Crippen LogP contribution < -0.4 is 0 Å². The van der Waals surface area contributed by atoms with E-state index in [4.69, 9.17) is 5.11 Å². The second-order valence-electron chi connectivity index (χ2n) is 3.94. The normalized spacial score (nSPS) is 27.6. The first-order valence-electron chi connectivity index (χ1n) is 4.71. The van der Waals surface area contributed by atoms with Gasteiger partial charge in [-0.3, -0.25) is 0 Å². The van der Waals surface area contributed by atoms with Gasteiger partial charge in [-0.25, -0.2) is 4.79 Å². The molecule has 3 nitrogen and oxygen atoms in total. The molecule has 3 heteroatoms. The Labute approximate surface area is 83.8 Å². The predicted molar refractivity (Wildman–Crippen MR) is 53.9 cm³/mol. The molecule has 0 radical (unpaired) electrons. The molecule has 1 rings (SSSR count). The van der Waals surface area contributed by atoms with Gasteiger partial charge in [0.1, 0.15) is 0 Å². The lowest BCUT2D eigenvalue weighted by Crippen LogP contribution is -2.31. The number of carboxylic acids is 1. The summed E-state index contributed by atoms with van der Waals surface area (Å²) in [5.74, 6) is -1.12. The van der Waals surface area contributed by atoms with Crippen molar-refractivity contribution < 1.29 is 15.0 Å². The number of hydrogen-bond acceptors (Lipinski definition) is 2. The highest BCUT2D eigenvalue weighted by Crippen LogP contribution is 2.33. The summed E-state index contributed by atoms with van der Waals surface area (Å²) >= 11 is 0. The van der Waals surface area contributed by atoms with Crippen LogP contribution in [0.4, 0.5) is 0 Å². The molecule has 0 saturated heterocycles. The maximum atomic E-state index is 10.9. The predicted octanol–water partition coefficient (Wildman–Crippen LogP) is 1.73. The summed E-state index contributed by atoms with van der Waals surface area (Å²) in [5.41, 5.74) is 1.79. The first-order valence-corrected chi connectivity index (χ1v) is 4.71. The molecular weight excluding hydrogens is 180 g/mol. The first-order chi connectivity index (χ1) is 6.45. The Morgan fingerprint density at radius 3 is 2.57 bits per heavy atom. The molecule has 0 saturated carbocycles. The van der Waals surface area contributed by atoms with Gasteiger partial charge in [0.25, 0.3) is 0 Å². The molecule has 1 unspecified atom stereocenters. The molecule has 0 aromatic rings. The van der Waals surface area contributed by atoms with Crippen molar-refractivity contribution in [1.82, 2.24) is 0 Å². The summed E-state index contributed by atoms with van der Waals surface area (Å²) in [6.45, 7) is 7.37. The Morgan fingerprint density at radius 1 is 1.57 bits per heavy atom. The maximum Gasteiger partial charge on any atom is 0.334 e. The smallest absolute Gasteiger partial charge is 0.334 e. The summed E-state index contributed by atoms with van der Waals surface area (Å²) < 4.78 is 0. The van der Waals surface area contributed by atoms with Crippen LogP contribution in [0.5, 0.6) is 0 Å². The molecular formula is C11H16O3. The van der Waals surface area contributed by atoms with Gasteiger partial charge >= 0.3 is 5.97 Å². The number of aliphatic hydroxyl groups excluding tert-OH is 1. The zero-order valence-corrected chi connectivity index (χ0v) is 8.58. The van der Waals surface area contributed by atoms with Crippen molar-refractivity contribution >= 4 is 5.97 Å². The van der Waals surface area contributed by atoms with E-state index < -0.39 is 12.1 Å². The number of carboxylic acid groups (broad SMARTS) is 1. The van der Waals surface area contributed by atoms with Crippen molar-refractivity contribution in [2.75, 3.05) is 0 Å². The lowest BCUT2D eigenvalue weighted by atomic mass is 9.79. The summed E-state index contributed by atoms with van der Waals surface area (Å²) in [5, 5.41) is 18.8. The second-order valence-corrected chi connectivity index (χ2v) is 3.94. The highest BCUT2D eigenvalue weighted by molar-refractivity contribution is 5.89. The van der Waals surface area contributed by atoms with Gasteiger partial charge in [-0.1, -0.05) is 17.7 Å². The molecule has 0 spiro atoms. The summed E-state index contributed by atoms with van der Waals surface area (Å²) in [6, 6.07) is 0. The standard InChI is InChI=1S/C11H16O3/c1-6(2)8-5-4-7(3)9(10(8)12)11(13)14/h8,10,12H,1,4-5H2,2-3H3,(H,13,14)/t8-,10?/m0/s1. The lowest BCUT2D eigenvalue weighted by Gasteiger charge is -2.29. The van der Waals surface area contributed by atoms with Gasteiger partial charge in [0.15, 0.2) is 0 Å². The third kappa shape index (κ3) is 1.87. The van der Waals surface area contributed by atoms with Crippen LogP contribution in [0, 0.1) is 5.92 Å². The fourth-order valence-corrected chi connectivity index (χ4v) is 1.94. The highest BCUT2D eigenvalue weighted by atomic mass is 16.4. The minimum absolute atomic E-state index is 0.107.